The summed E-state index contributed by atoms with van der Waals surface area (Å²) in [5, 5.41) is 21.2. The van der Waals surface area contributed by atoms with Gasteiger partial charge in [-0.1, -0.05) is 20.3 Å². The fourth-order valence-electron chi connectivity index (χ4n) is 3.57. The number of carbonyl (C=O) groups excluding carboxylic acids is 1. The van der Waals surface area contributed by atoms with Gasteiger partial charge in [0.25, 0.3) is 0 Å². The van der Waals surface area contributed by atoms with Crippen LogP contribution in [0.15, 0.2) is 0 Å². The Bertz CT molecular complexity index is 486. The molecule has 1 amide bonds. The Hall–Kier alpha value is -1.34. The Morgan fingerprint density at radius 2 is 1.95 bits per heavy atom. The minimum Gasteiger partial charge on any atom is -0.481 e. The number of nitrogens with one attached hydrogen (secondary N) is 1. The van der Waals surface area contributed by atoms with Crippen LogP contribution in [0.5, 0.6) is 0 Å². The van der Waals surface area contributed by atoms with Crippen LogP contribution in [0.2, 0.25) is 0 Å². The standard InChI is InChI=1S/C14H22N2O5.ClH/c1-3-6(2)10(15)11(17)16-14(13(20)21)5-4-7-8(9(7)14)12(18)19;/h6-10H,3-5,15H2,1-2H3,(H,16,17)(H,18,19)(H,20,21);1H/t6-,7-,8-,9-,10-,14-;/m0./s1. The second-order valence-electron chi connectivity index (χ2n) is 6.27. The molecule has 0 unspecified atom stereocenters. The topological polar surface area (TPSA) is 130 Å². The molecule has 0 bridgehead atoms. The predicted molar refractivity (Wildman–Crippen MR) is 80.5 cm³/mol. The van der Waals surface area contributed by atoms with Gasteiger partial charge in [0.05, 0.1) is 12.0 Å². The normalized spacial score (nSPS) is 34.8. The van der Waals surface area contributed by atoms with Crippen LogP contribution in [-0.4, -0.2) is 39.6 Å². The molecule has 2 saturated carbocycles. The lowest BCUT2D eigenvalue weighted by molar-refractivity contribution is -0.150. The van der Waals surface area contributed by atoms with Crippen molar-refractivity contribution in [3.05, 3.63) is 0 Å². The van der Waals surface area contributed by atoms with Crippen molar-refractivity contribution < 1.29 is 24.6 Å². The van der Waals surface area contributed by atoms with Crippen molar-refractivity contribution in [1.29, 1.82) is 0 Å². The van der Waals surface area contributed by atoms with Crippen LogP contribution in [0.1, 0.15) is 33.1 Å². The van der Waals surface area contributed by atoms with Crippen molar-refractivity contribution in [3.63, 3.8) is 0 Å². The first kappa shape index (κ1) is 18.7. The SMILES string of the molecule is CC[C@H](C)[C@H](N)C(=O)N[C@@]1(C(=O)O)CC[C@H]2[C@H](C(=O)O)[C@H]21.Cl. The van der Waals surface area contributed by atoms with Gasteiger partial charge in [0, 0.05) is 5.92 Å². The van der Waals surface area contributed by atoms with Gasteiger partial charge in [-0.25, -0.2) is 4.79 Å². The molecule has 0 saturated heterocycles. The number of carboxylic acid groups (broad SMARTS) is 2. The van der Waals surface area contributed by atoms with Crippen LogP contribution >= 0.6 is 12.4 Å². The number of carbonyl (C=O) groups is 3. The molecule has 0 aromatic rings. The van der Waals surface area contributed by atoms with Crippen molar-refractivity contribution in [1.82, 2.24) is 5.32 Å². The summed E-state index contributed by atoms with van der Waals surface area (Å²) >= 11 is 0. The smallest absolute Gasteiger partial charge is 0.329 e. The summed E-state index contributed by atoms with van der Waals surface area (Å²) in [6.45, 7) is 3.73. The third-order valence-corrected chi connectivity index (χ3v) is 5.18. The number of nitrogens with two attached hydrogens (primary N) is 1. The summed E-state index contributed by atoms with van der Waals surface area (Å²) < 4.78 is 0. The minimum absolute atomic E-state index is 0. The quantitative estimate of drug-likeness (QED) is 0.558. The maximum Gasteiger partial charge on any atom is 0.329 e. The van der Waals surface area contributed by atoms with Gasteiger partial charge in [0.2, 0.25) is 5.91 Å². The monoisotopic (exact) mass is 334 g/mol. The van der Waals surface area contributed by atoms with E-state index in [0.717, 1.165) is 0 Å². The lowest BCUT2D eigenvalue weighted by Gasteiger charge is -2.30. The average Bonchev–Trinajstić information content (AvgIpc) is 3.06. The molecule has 2 aliphatic carbocycles. The highest BCUT2D eigenvalue weighted by atomic mass is 35.5. The minimum atomic E-state index is -1.48. The van der Waals surface area contributed by atoms with Crippen LogP contribution in [-0.2, 0) is 14.4 Å². The molecule has 2 fully saturated rings. The molecule has 5 N–H and O–H groups in total. The van der Waals surface area contributed by atoms with E-state index in [1.165, 1.54) is 0 Å². The van der Waals surface area contributed by atoms with Crippen LogP contribution in [0, 0.1) is 23.7 Å². The molecule has 22 heavy (non-hydrogen) atoms. The molecule has 0 radical (unpaired) electrons. The van der Waals surface area contributed by atoms with Crippen molar-refractivity contribution >= 4 is 30.3 Å². The first-order chi connectivity index (χ1) is 9.76. The average molecular weight is 335 g/mol. The van der Waals surface area contributed by atoms with Gasteiger partial charge in [-0.05, 0) is 24.7 Å². The van der Waals surface area contributed by atoms with E-state index in [9.17, 15) is 19.5 Å². The number of fused-ring (bicyclic) bond motifs is 1. The maximum atomic E-state index is 12.2. The highest BCUT2D eigenvalue weighted by Gasteiger charge is 2.72. The van der Waals surface area contributed by atoms with Gasteiger partial charge in [0.1, 0.15) is 5.54 Å². The summed E-state index contributed by atoms with van der Waals surface area (Å²) in [6, 6.07) is -0.785. The van der Waals surface area contributed by atoms with E-state index in [1.807, 2.05) is 13.8 Å². The largest absolute Gasteiger partial charge is 0.481 e. The zero-order valence-electron chi connectivity index (χ0n) is 12.6. The number of hydrogen-bond acceptors (Lipinski definition) is 4. The molecule has 2 rings (SSSR count). The van der Waals surface area contributed by atoms with E-state index in [4.69, 9.17) is 10.8 Å². The second-order valence-corrected chi connectivity index (χ2v) is 6.27. The molecule has 0 aromatic carbocycles. The number of halogens is 1. The Morgan fingerprint density at radius 3 is 2.36 bits per heavy atom. The molecular weight excluding hydrogens is 312 g/mol. The van der Waals surface area contributed by atoms with E-state index >= 15 is 0 Å². The summed E-state index contributed by atoms with van der Waals surface area (Å²) in [4.78, 5) is 35.0. The third-order valence-electron chi connectivity index (χ3n) is 5.18. The first-order valence-corrected chi connectivity index (χ1v) is 7.30. The lowest BCUT2D eigenvalue weighted by atomic mass is 9.89. The molecule has 0 heterocycles. The fraction of sp³-hybridized carbons (Fsp3) is 0.786. The molecule has 126 valence electrons. The first-order valence-electron chi connectivity index (χ1n) is 7.30. The van der Waals surface area contributed by atoms with Crippen LogP contribution < -0.4 is 11.1 Å². The van der Waals surface area contributed by atoms with Crippen molar-refractivity contribution in [3.8, 4) is 0 Å². The second kappa shape index (κ2) is 6.42. The van der Waals surface area contributed by atoms with E-state index in [0.29, 0.717) is 12.8 Å². The van der Waals surface area contributed by atoms with E-state index in [1.54, 1.807) is 0 Å². The summed E-state index contributed by atoms with van der Waals surface area (Å²) in [6.07, 6.45) is 1.48. The van der Waals surface area contributed by atoms with Crippen molar-refractivity contribution in [2.24, 2.45) is 29.4 Å². The zero-order chi connectivity index (χ0) is 15.9. The fourth-order valence-corrected chi connectivity index (χ4v) is 3.57. The molecule has 7 nitrogen and oxygen atoms in total. The number of rotatable bonds is 6. The third kappa shape index (κ3) is 2.79. The zero-order valence-corrected chi connectivity index (χ0v) is 13.4. The Morgan fingerprint density at radius 1 is 1.36 bits per heavy atom. The van der Waals surface area contributed by atoms with Crippen molar-refractivity contribution in [2.45, 2.75) is 44.7 Å². The van der Waals surface area contributed by atoms with E-state index in [2.05, 4.69) is 5.32 Å². The highest BCUT2D eigenvalue weighted by molar-refractivity contribution is 5.92. The summed E-state index contributed by atoms with van der Waals surface area (Å²) in [7, 11) is 0. The van der Waals surface area contributed by atoms with Crippen LogP contribution in [0.4, 0.5) is 0 Å². The van der Waals surface area contributed by atoms with Crippen LogP contribution in [0.25, 0.3) is 0 Å². The number of aliphatic carboxylic acids is 2. The van der Waals surface area contributed by atoms with Gasteiger partial charge in [-0.15, -0.1) is 12.4 Å². The van der Waals surface area contributed by atoms with Gasteiger partial charge in [-0.3, -0.25) is 9.59 Å². The Kier molecular flexibility index (Phi) is 5.46. The summed E-state index contributed by atoms with van der Waals surface area (Å²) in [5.41, 5.74) is 4.36. The number of hydrogen-bond donors (Lipinski definition) is 4. The molecule has 0 spiro atoms. The molecule has 0 aliphatic heterocycles. The predicted octanol–water partition coefficient (Wildman–Crippen LogP) is 0.462. The van der Waals surface area contributed by atoms with E-state index < -0.39 is 41.3 Å². The van der Waals surface area contributed by atoms with Gasteiger partial charge in [0.15, 0.2) is 0 Å². The van der Waals surface area contributed by atoms with Gasteiger partial charge >= 0.3 is 11.9 Å². The van der Waals surface area contributed by atoms with Gasteiger partial charge < -0.3 is 21.3 Å². The Balaban J connectivity index is 0.00000242. The number of carboxylic acids is 2. The Labute approximate surface area is 135 Å². The molecular formula is C14H23ClN2O5. The summed E-state index contributed by atoms with van der Waals surface area (Å²) in [5.74, 6) is -4.08. The highest BCUT2D eigenvalue weighted by Crippen LogP contribution is 2.62. The van der Waals surface area contributed by atoms with E-state index in [-0.39, 0.29) is 30.7 Å². The molecule has 2 aliphatic rings. The molecule has 0 aromatic heterocycles. The van der Waals surface area contributed by atoms with Crippen LogP contribution in [0.3, 0.4) is 0 Å². The van der Waals surface area contributed by atoms with Gasteiger partial charge in [-0.2, -0.15) is 0 Å². The number of amides is 1. The molecule has 6 atom stereocenters. The lowest BCUT2D eigenvalue weighted by Crippen LogP contribution is -2.60. The molecule has 8 heteroatoms. The van der Waals surface area contributed by atoms with Crippen molar-refractivity contribution in [2.75, 3.05) is 0 Å². The maximum absolute atomic E-state index is 12.2.